The number of benzene rings is 2. The van der Waals surface area contributed by atoms with Gasteiger partial charge in [0.25, 0.3) is 5.91 Å². The molecule has 0 heterocycles. The van der Waals surface area contributed by atoms with Crippen LogP contribution in [0.25, 0.3) is 0 Å². The number of rotatable bonds is 6. The standard InChI is InChI=1S/C19H24N2O3S/c1-5-14-9-7-10-15(6-2)18(14)20-19(22)16-11-8-12-17(13-16)25(23,24)21(3)4/h7-13H,5-6H2,1-4H3,(H,20,22). The number of nitrogens with one attached hydrogen (secondary N) is 1. The summed E-state index contributed by atoms with van der Waals surface area (Å²) in [5.41, 5.74) is 3.25. The molecule has 134 valence electrons. The average molecular weight is 360 g/mol. The number of aryl methyl sites for hydroxylation is 2. The molecule has 1 amide bonds. The molecule has 6 heteroatoms. The van der Waals surface area contributed by atoms with Crippen LogP contribution in [0.15, 0.2) is 47.4 Å². The topological polar surface area (TPSA) is 66.5 Å². The zero-order valence-electron chi connectivity index (χ0n) is 15.0. The molecule has 0 saturated heterocycles. The predicted octanol–water partition coefficient (Wildman–Crippen LogP) is 3.31. The molecule has 2 rings (SSSR count). The fraction of sp³-hybridized carbons (Fsp3) is 0.316. The molecule has 0 aliphatic rings. The Hall–Kier alpha value is -2.18. The summed E-state index contributed by atoms with van der Waals surface area (Å²) in [4.78, 5) is 12.8. The third kappa shape index (κ3) is 4.08. The van der Waals surface area contributed by atoms with Crippen LogP contribution in [0.5, 0.6) is 0 Å². The van der Waals surface area contributed by atoms with Gasteiger partial charge in [-0.1, -0.05) is 38.1 Å². The van der Waals surface area contributed by atoms with Gasteiger partial charge >= 0.3 is 0 Å². The molecule has 2 aromatic rings. The summed E-state index contributed by atoms with van der Waals surface area (Å²) in [5.74, 6) is -0.314. The molecular weight excluding hydrogens is 336 g/mol. The number of anilines is 1. The second-order valence-electron chi connectivity index (χ2n) is 5.93. The lowest BCUT2D eigenvalue weighted by Gasteiger charge is -2.15. The number of amides is 1. The molecule has 0 aliphatic carbocycles. The van der Waals surface area contributed by atoms with E-state index in [1.165, 1.54) is 26.2 Å². The Bertz CT molecular complexity index is 852. The maximum absolute atomic E-state index is 12.7. The predicted molar refractivity (Wildman–Crippen MR) is 100 cm³/mol. The molecule has 0 fully saturated rings. The van der Waals surface area contributed by atoms with Crippen LogP contribution in [0.2, 0.25) is 0 Å². The number of sulfonamides is 1. The van der Waals surface area contributed by atoms with Crippen molar-refractivity contribution in [2.75, 3.05) is 19.4 Å². The van der Waals surface area contributed by atoms with Crippen molar-refractivity contribution in [2.45, 2.75) is 31.6 Å². The Balaban J connectivity index is 2.38. The summed E-state index contributed by atoms with van der Waals surface area (Å²) in [6.07, 6.45) is 1.61. The van der Waals surface area contributed by atoms with E-state index >= 15 is 0 Å². The summed E-state index contributed by atoms with van der Waals surface area (Å²) in [7, 11) is -0.647. The van der Waals surface area contributed by atoms with Crippen molar-refractivity contribution < 1.29 is 13.2 Å². The fourth-order valence-corrected chi connectivity index (χ4v) is 3.55. The van der Waals surface area contributed by atoms with Crippen LogP contribution in [0, 0.1) is 0 Å². The molecule has 25 heavy (non-hydrogen) atoms. The highest BCUT2D eigenvalue weighted by Crippen LogP contribution is 2.24. The fourth-order valence-electron chi connectivity index (χ4n) is 2.60. The zero-order chi connectivity index (χ0) is 18.6. The van der Waals surface area contributed by atoms with Gasteiger partial charge in [0, 0.05) is 25.3 Å². The number of hydrogen-bond donors (Lipinski definition) is 1. The monoisotopic (exact) mass is 360 g/mol. The van der Waals surface area contributed by atoms with E-state index in [1.807, 2.05) is 32.0 Å². The molecule has 0 aliphatic heterocycles. The first-order valence-corrected chi connectivity index (χ1v) is 9.70. The van der Waals surface area contributed by atoms with E-state index in [-0.39, 0.29) is 10.8 Å². The van der Waals surface area contributed by atoms with E-state index in [4.69, 9.17) is 0 Å². The largest absolute Gasteiger partial charge is 0.321 e. The van der Waals surface area contributed by atoms with Crippen LogP contribution in [0.4, 0.5) is 5.69 Å². The lowest BCUT2D eigenvalue weighted by atomic mass is 10.0. The van der Waals surface area contributed by atoms with Gasteiger partial charge in [0.15, 0.2) is 0 Å². The minimum absolute atomic E-state index is 0.102. The van der Waals surface area contributed by atoms with Crippen LogP contribution in [0.3, 0.4) is 0 Å². The van der Waals surface area contributed by atoms with Gasteiger partial charge in [-0.05, 0) is 42.2 Å². The number of hydrogen-bond acceptors (Lipinski definition) is 3. The summed E-state index contributed by atoms with van der Waals surface area (Å²) >= 11 is 0. The summed E-state index contributed by atoms with van der Waals surface area (Å²) in [6, 6.07) is 12.1. The normalized spacial score (nSPS) is 11.6. The van der Waals surface area contributed by atoms with Crippen molar-refractivity contribution in [3.8, 4) is 0 Å². The Labute approximate surface area is 149 Å². The number of nitrogens with zero attached hydrogens (tertiary/aromatic N) is 1. The second kappa shape index (κ2) is 7.80. The minimum atomic E-state index is -3.58. The van der Waals surface area contributed by atoms with Crippen LogP contribution < -0.4 is 5.32 Å². The Morgan fingerprint density at radius 2 is 1.56 bits per heavy atom. The van der Waals surface area contributed by atoms with Crippen molar-refractivity contribution in [2.24, 2.45) is 0 Å². The first-order chi connectivity index (χ1) is 11.8. The number of carbonyl (C=O) groups excluding carboxylic acids is 1. The molecule has 0 spiro atoms. The van der Waals surface area contributed by atoms with Gasteiger partial charge < -0.3 is 5.32 Å². The molecule has 0 saturated carbocycles. The van der Waals surface area contributed by atoms with Crippen molar-refractivity contribution in [3.63, 3.8) is 0 Å². The van der Waals surface area contributed by atoms with E-state index in [1.54, 1.807) is 12.1 Å². The summed E-state index contributed by atoms with van der Waals surface area (Å²) in [5, 5.41) is 2.96. The average Bonchev–Trinajstić information content (AvgIpc) is 2.61. The summed E-state index contributed by atoms with van der Waals surface area (Å²) < 4.78 is 25.7. The smallest absolute Gasteiger partial charge is 0.255 e. The van der Waals surface area contributed by atoms with Crippen LogP contribution in [-0.2, 0) is 22.9 Å². The quantitative estimate of drug-likeness (QED) is 0.859. The van der Waals surface area contributed by atoms with Crippen molar-refractivity contribution in [1.82, 2.24) is 4.31 Å². The van der Waals surface area contributed by atoms with Gasteiger partial charge in [-0.15, -0.1) is 0 Å². The Morgan fingerprint density at radius 1 is 1.00 bits per heavy atom. The van der Waals surface area contributed by atoms with Crippen molar-refractivity contribution in [1.29, 1.82) is 0 Å². The highest BCUT2D eigenvalue weighted by molar-refractivity contribution is 7.89. The zero-order valence-corrected chi connectivity index (χ0v) is 15.9. The molecule has 5 nitrogen and oxygen atoms in total. The van der Waals surface area contributed by atoms with Gasteiger partial charge in [0.2, 0.25) is 10.0 Å². The number of carbonyl (C=O) groups is 1. The van der Waals surface area contributed by atoms with E-state index in [9.17, 15) is 13.2 Å². The molecule has 0 radical (unpaired) electrons. The van der Waals surface area contributed by atoms with Crippen molar-refractivity contribution in [3.05, 3.63) is 59.2 Å². The second-order valence-corrected chi connectivity index (χ2v) is 8.08. The molecule has 0 unspecified atom stereocenters. The first kappa shape index (κ1) is 19.1. The van der Waals surface area contributed by atoms with E-state index in [0.29, 0.717) is 5.56 Å². The molecule has 2 aromatic carbocycles. The van der Waals surface area contributed by atoms with Gasteiger partial charge in [0.1, 0.15) is 0 Å². The number of para-hydroxylation sites is 1. The molecule has 0 bridgehead atoms. The highest BCUT2D eigenvalue weighted by atomic mass is 32.2. The van der Waals surface area contributed by atoms with Crippen LogP contribution in [0.1, 0.15) is 35.3 Å². The van der Waals surface area contributed by atoms with E-state index < -0.39 is 10.0 Å². The SMILES string of the molecule is CCc1cccc(CC)c1NC(=O)c1cccc(S(=O)(=O)N(C)C)c1. The minimum Gasteiger partial charge on any atom is -0.321 e. The maximum atomic E-state index is 12.7. The molecule has 0 aromatic heterocycles. The molecular formula is C19H24N2O3S. The lowest BCUT2D eigenvalue weighted by Crippen LogP contribution is -2.23. The third-order valence-electron chi connectivity index (χ3n) is 4.11. The molecule has 0 atom stereocenters. The third-order valence-corrected chi connectivity index (χ3v) is 5.92. The highest BCUT2D eigenvalue weighted by Gasteiger charge is 2.19. The maximum Gasteiger partial charge on any atom is 0.255 e. The first-order valence-electron chi connectivity index (χ1n) is 8.26. The van der Waals surface area contributed by atoms with E-state index in [0.717, 1.165) is 34.0 Å². The Kier molecular flexibility index (Phi) is 5.98. The van der Waals surface area contributed by atoms with Gasteiger partial charge in [-0.2, -0.15) is 0 Å². The van der Waals surface area contributed by atoms with Crippen LogP contribution >= 0.6 is 0 Å². The van der Waals surface area contributed by atoms with Gasteiger partial charge in [-0.3, -0.25) is 4.79 Å². The summed E-state index contributed by atoms with van der Waals surface area (Å²) in [6.45, 7) is 4.07. The molecule has 1 N–H and O–H groups in total. The van der Waals surface area contributed by atoms with Gasteiger partial charge in [-0.25, -0.2) is 12.7 Å². The van der Waals surface area contributed by atoms with Gasteiger partial charge in [0.05, 0.1) is 4.90 Å². The van der Waals surface area contributed by atoms with Crippen molar-refractivity contribution >= 4 is 21.6 Å². The van der Waals surface area contributed by atoms with Crippen LogP contribution in [-0.4, -0.2) is 32.7 Å². The lowest BCUT2D eigenvalue weighted by molar-refractivity contribution is 0.102. The Morgan fingerprint density at radius 3 is 2.08 bits per heavy atom. The van der Waals surface area contributed by atoms with E-state index in [2.05, 4.69) is 5.32 Å².